The number of rotatable bonds is 1. The van der Waals surface area contributed by atoms with Gasteiger partial charge >= 0.3 is 0 Å². The molecule has 2 heterocycles. The molecule has 3 aromatic rings. The van der Waals surface area contributed by atoms with Crippen molar-refractivity contribution < 1.29 is 9.47 Å². The third kappa shape index (κ3) is 2.56. The van der Waals surface area contributed by atoms with Gasteiger partial charge in [-0.3, -0.25) is 0 Å². The van der Waals surface area contributed by atoms with E-state index in [1.165, 1.54) is 0 Å². The van der Waals surface area contributed by atoms with E-state index in [0.29, 0.717) is 5.56 Å². The number of hydrogen-bond donors (Lipinski definition) is 0. The Kier molecular flexibility index (Phi) is 3.81. The van der Waals surface area contributed by atoms with Crippen LogP contribution in [0, 0.1) is 18.3 Å². The molecule has 4 nitrogen and oxygen atoms in total. The van der Waals surface area contributed by atoms with Gasteiger partial charge in [0.2, 0.25) is 6.79 Å². The molecule has 0 spiro atoms. The number of aromatic nitrogens is 1. The average molecular weight is 325 g/mol. The fourth-order valence-electron chi connectivity index (χ4n) is 2.65. The number of aryl methyl sites for hydroxylation is 1. The topological polar surface area (TPSA) is 55.1 Å². The third-order valence-electron chi connectivity index (χ3n) is 3.82. The van der Waals surface area contributed by atoms with Crippen molar-refractivity contribution >= 4 is 23.3 Å². The summed E-state index contributed by atoms with van der Waals surface area (Å²) in [5.74, 6) is 1.50. The van der Waals surface area contributed by atoms with Crippen LogP contribution in [0.25, 0.3) is 22.2 Å². The molecule has 23 heavy (non-hydrogen) atoms. The Morgan fingerprint density at radius 1 is 1.04 bits per heavy atom. The SMILES string of the molecule is Cc1cc(-c2ccc(C#N)cc2)nc2cc3c(cc12)OCO3.Cl. The van der Waals surface area contributed by atoms with E-state index in [1.54, 1.807) is 12.1 Å². The molecule has 0 saturated carbocycles. The minimum absolute atomic E-state index is 0. The number of ether oxygens (including phenoxy) is 2. The van der Waals surface area contributed by atoms with Crippen LogP contribution in [0.2, 0.25) is 0 Å². The van der Waals surface area contributed by atoms with E-state index in [4.69, 9.17) is 19.7 Å². The van der Waals surface area contributed by atoms with Crippen molar-refractivity contribution in [2.75, 3.05) is 6.79 Å². The minimum Gasteiger partial charge on any atom is -0.454 e. The fraction of sp³-hybridized carbons (Fsp3) is 0.111. The highest BCUT2D eigenvalue weighted by Crippen LogP contribution is 2.37. The number of hydrogen-bond acceptors (Lipinski definition) is 4. The van der Waals surface area contributed by atoms with Gasteiger partial charge in [-0.2, -0.15) is 5.26 Å². The molecule has 1 aliphatic heterocycles. The number of pyridine rings is 1. The van der Waals surface area contributed by atoms with Gasteiger partial charge in [0.15, 0.2) is 11.5 Å². The largest absolute Gasteiger partial charge is 0.454 e. The number of benzene rings is 2. The van der Waals surface area contributed by atoms with Gasteiger partial charge in [-0.15, -0.1) is 12.4 Å². The fourth-order valence-corrected chi connectivity index (χ4v) is 2.65. The van der Waals surface area contributed by atoms with Crippen LogP contribution in [0.1, 0.15) is 11.1 Å². The molecule has 0 aliphatic carbocycles. The third-order valence-corrected chi connectivity index (χ3v) is 3.82. The van der Waals surface area contributed by atoms with Gasteiger partial charge in [0.1, 0.15) is 0 Å². The van der Waals surface area contributed by atoms with Gasteiger partial charge < -0.3 is 9.47 Å². The van der Waals surface area contributed by atoms with Crippen LogP contribution >= 0.6 is 12.4 Å². The normalized spacial score (nSPS) is 11.8. The van der Waals surface area contributed by atoms with E-state index >= 15 is 0 Å². The summed E-state index contributed by atoms with van der Waals surface area (Å²) in [6.07, 6.45) is 0. The molecule has 0 bridgehead atoms. The summed E-state index contributed by atoms with van der Waals surface area (Å²) in [4.78, 5) is 4.72. The summed E-state index contributed by atoms with van der Waals surface area (Å²) >= 11 is 0. The van der Waals surface area contributed by atoms with E-state index in [1.807, 2.05) is 30.3 Å². The summed E-state index contributed by atoms with van der Waals surface area (Å²) in [5, 5.41) is 9.94. The van der Waals surface area contributed by atoms with Crippen LogP contribution in [-0.4, -0.2) is 11.8 Å². The first kappa shape index (κ1) is 15.1. The summed E-state index contributed by atoms with van der Waals surface area (Å²) in [7, 11) is 0. The Hall–Kier alpha value is -2.77. The zero-order valence-corrected chi connectivity index (χ0v) is 13.2. The number of halogens is 1. The second kappa shape index (κ2) is 5.79. The lowest BCUT2D eigenvalue weighted by molar-refractivity contribution is 0.174. The highest BCUT2D eigenvalue weighted by Gasteiger charge is 2.16. The van der Waals surface area contributed by atoms with Crippen molar-refractivity contribution in [3.63, 3.8) is 0 Å². The molecule has 2 aromatic carbocycles. The molecule has 0 amide bonds. The molecule has 0 atom stereocenters. The molecular weight excluding hydrogens is 312 g/mol. The lowest BCUT2D eigenvalue weighted by atomic mass is 10.0. The van der Waals surface area contributed by atoms with Crippen molar-refractivity contribution in [2.24, 2.45) is 0 Å². The molecule has 0 unspecified atom stereocenters. The summed E-state index contributed by atoms with van der Waals surface area (Å²) in [6.45, 7) is 2.31. The predicted octanol–water partition coefficient (Wildman–Crippen LogP) is 4.23. The maximum absolute atomic E-state index is 8.88. The molecule has 5 heteroatoms. The first-order chi connectivity index (χ1) is 10.7. The number of nitriles is 1. The molecule has 1 aliphatic rings. The van der Waals surface area contributed by atoms with E-state index in [0.717, 1.165) is 39.2 Å². The first-order valence-electron chi connectivity index (χ1n) is 6.96. The maximum Gasteiger partial charge on any atom is 0.231 e. The van der Waals surface area contributed by atoms with Gasteiger partial charge in [-0.25, -0.2) is 4.98 Å². The van der Waals surface area contributed by atoms with Crippen LogP contribution in [0.3, 0.4) is 0 Å². The molecular formula is C18H13ClN2O2. The Bertz CT molecular complexity index is 930. The van der Waals surface area contributed by atoms with E-state index in [9.17, 15) is 0 Å². The van der Waals surface area contributed by atoms with Crippen molar-refractivity contribution in [1.82, 2.24) is 4.98 Å². The van der Waals surface area contributed by atoms with Crippen LogP contribution in [0.4, 0.5) is 0 Å². The monoisotopic (exact) mass is 324 g/mol. The van der Waals surface area contributed by atoms with Crippen molar-refractivity contribution in [3.8, 4) is 28.8 Å². The van der Waals surface area contributed by atoms with Crippen molar-refractivity contribution in [3.05, 3.63) is 53.6 Å². The molecule has 114 valence electrons. The summed E-state index contributed by atoms with van der Waals surface area (Å²) < 4.78 is 10.8. The smallest absolute Gasteiger partial charge is 0.231 e. The molecule has 0 fully saturated rings. The van der Waals surface area contributed by atoms with E-state index in [-0.39, 0.29) is 19.2 Å². The number of nitrogens with zero attached hydrogens (tertiary/aromatic N) is 2. The highest BCUT2D eigenvalue weighted by atomic mass is 35.5. The zero-order valence-electron chi connectivity index (χ0n) is 12.4. The zero-order chi connectivity index (χ0) is 15.1. The quantitative estimate of drug-likeness (QED) is 0.672. The van der Waals surface area contributed by atoms with Crippen LogP contribution < -0.4 is 9.47 Å². The highest BCUT2D eigenvalue weighted by molar-refractivity contribution is 5.88. The van der Waals surface area contributed by atoms with Crippen LogP contribution in [0.5, 0.6) is 11.5 Å². The van der Waals surface area contributed by atoms with Gasteiger partial charge in [0, 0.05) is 17.0 Å². The standard InChI is InChI=1S/C18H12N2O2.ClH/c1-11-6-15(13-4-2-12(9-19)3-5-13)20-16-8-18-17(7-14(11)16)21-10-22-18;/h2-8H,10H2,1H3;1H. The first-order valence-corrected chi connectivity index (χ1v) is 6.96. The maximum atomic E-state index is 8.88. The van der Waals surface area contributed by atoms with Gasteiger partial charge in [0.25, 0.3) is 0 Å². The van der Waals surface area contributed by atoms with Gasteiger partial charge in [-0.05, 0) is 36.8 Å². The Morgan fingerprint density at radius 2 is 1.74 bits per heavy atom. The van der Waals surface area contributed by atoms with Gasteiger partial charge in [-0.1, -0.05) is 12.1 Å². The average Bonchev–Trinajstić information content (AvgIpc) is 3.00. The molecule has 0 N–H and O–H groups in total. The Morgan fingerprint density at radius 3 is 2.43 bits per heavy atom. The Labute approximate surface area is 139 Å². The predicted molar refractivity (Wildman–Crippen MR) is 90.0 cm³/mol. The van der Waals surface area contributed by atoms with E-state index < -0.39 is 0 Å². The minimum atomic E-state index is 0. The van der Waals surface area contributed by atoms with Crippen molar-refractivity contribution in [1.29, 1.82) is 5.26 Å². The summed E-state index contributed by atoms with van der Waals surface area (Å²) in [5.41, 5.74) is 4.52. The molecule has 0 saturated heterocycles. The molecule has 0 radical (unpaired) electrons. The second-order valence-corrected chi connectivity index (χ2v) is 5.24. The summed E-state index contributed by atoms with van der Waals surface area (Å²) in [6, 6.07) is 15.5. The molecule has 4 rings (SSSR count). The van der Waals surface area contributed by atoms with Crippen molar-refractivity contribution in [2.45, 2.75) is 6.92 Å². The molecule has 1 aromatic heterocycles. The number of fused-ring (bicyclic) bond motifs is 2. The van der Waals surface area contributed by atoms with Crippen LogP contribution in [-0.2, 0) is 0 Å². The lowest BCUT2D eigenvalue weighted by Gasteiger charge is -2.08. The lowest BCUT2D eigenvalue weighted by Crippen LogP contribution is -1.92. The van der Waals surface area contributed by atoms with Crippen LogP contribution in [0.15, 0.2) is 42.5 Å². The Balaban J connectivity index is 0.00000156. The van der Waals surface area contributed by atoms with Gasteiger partial charge in [0.05, 0.1) is 22.8 Å². The van der Waals surface area contributed by atoms with E-state index in [2.05, 4.69) is 13.0 Å². The second-order valence-electron chi connectivity index (χ2n) is 5.24.